The molecule has 4 heterocycles. The fraction of sp³-hybridized carbons (Fsp3) is 0.474. The van der Waals surface area contributed by atoms with E-state index in [0.29, 0.717) is 18.9 Å². The first-order chi connectivity index (χ1) is 12.3. The van der Waals surface area contributed by atoms with Gasteiger partial charge in [-0.3, -0.25) is 14.7 Å². The lowest BCUT2D eigenvalue weighted by Crippen LogP contribution is -2.29. The molecule has 3 atom stereocenters. The van der Waals surface area contributed by atoms with E-state index in [9.17, 15) is 4.79 Å². The molecule has 2 aromatic rings. The number of aromatic nitrogens is 1. The van der Waals surface area contributed by atoms with Crippen LogP contribution < -0.4 is 5.32 Å². The summed E-state index contributed by atoms with van der Waals surface area (Å²) in [5.74, 6) is 0.636. The number of ether oxygens (including phenoxy) is 1. The summed E-state index contributed by atoms with van der Waals surface area (Å²) in [5.41, 5.74) is 1.24. The van der Waals surface area contributed by atoms with Crippen LogP contribution in [0, 0.1) is 5.92 Å². The number of fused-ring (bicyclic) bond motifs is 1. The molecule has 0 radical (unpaired) electrons. The summed E-state index contributed by atoms with van der Waals surface area (Å²) in [6.07, 6.45) is 5.53. The summed E-state index contributed by atoms with van der Waals surface area (Å²) >= 11 is 1.67. The molecule has 25 heavy (non-hydrogen) atoms. The van der Waals surface area contributed by atoms with E-state index in [1.807, 2.05) is 29.8 Å². The molecule has 0 aliphatic carbocycles. The third-order valence-electron chi connectivity index (χ3n) is 4.97. The third kappa shape index (κ3) is 4.26. The van der Waals surface area contributed by atoms with Gasteiger partial charge in [-0.1, -0.05) is 12.1 Å². The van der Waals surface area contributed by atoms with E-state index in [0.717, 1.165) is 26.1 Å². The highest BCUT2D eigenvalue weighted by Gasteiger charge is 2.42. The van der Waals surface area contributed by atoms with Crippen LogP contribution in [0.1, 0.15) is 23.3 Å². The third-order valence-corrected chi connectivity index (χ3v) is 5.85. The van der Waals surface area contributed by atoms with Gasteiger partial charge in [-0.2, -0.15) is 0 Å². The second kappa shape index (κ2) is 7.64. The van der Waals surface area contributed by atoms with Crippen LogP contribution in [-0.4, -0.2) is 41.1 Å². The number of carbonyl (C=O) groups is 1. The maximum atomic E-state index is 12.1. The van der Waals surface area contributed by atoms with Gasteiger partial charge < -0.3 is 10.1 Å². The Hall–Kier alpha value is -1.76. The number of likely N-dealkylation sites (tertiary alicyclic amines) is 1. The number of hydrogen-bond donors (Lipinski definition) is 1. The van der Waals surface area contributed by atoms with Crippen LogP contribution in [0.25, 0.3) is 0 Å². The zero-order valence-electron chi connectivity index (χ0n) is 14.1. The molecule has 5 nitrogen and oxygen atoms in total. The summed E-state index contributed by atoms with van der Waals surface area (Å²) in [7, 11) is 0. The van der Waals surface area contributed by atoms with Gasteiger partial charge in [-0.25, -0.2) is 0 Å². The normalized spacial score (nSPS) is 25.8. The molecule has 1 N–H and O–H groups in total. The van der Waals surface area contributed by atoms with E-state index in [1.54, 1.807) is 17.5 Å². The van der Waals surface area contributed by atoms with E-state index in [1.165, 1.54) is 10.4 Å². The summed E-state index contributed by atoms with van der Waals surface area (Å²) in [6.45, 7) is 3.55. The van der Waals surface area contributed by atoms with E-state index in [4.69, 9.17) is 4.74 Å². The topological polar surface area (TPSA) is 54.5 Å². The van der Waals surface area contributed by atoms with Crippen LogP contribution in [0.5, 0.6) is 0 Å². The average molecular weight is 357 g/mol. The Morgan fingerprint density at radius 3 is 3.08 bits per heavy atom. The zero-order chi connectivity index (χ0) is 17.1. The van der Waals surface area contributed by atoms with Crippen LogP contribution >= 0.6 is 11.3 Å². The Kier molecular flexibility index (Phi) is 5.10. The van der Waals surface area contributed by atoms with Crippen LogP contribution in [0.4, 0.5) is 0 Å². The number of rotatable bonds is 6. The summed E-state index contributed by atoms with van der Waals surface area (Å²) in [4.78, 5) is 19.9. The van der Waals surface area contributed by atoms with Crippen molar-refractivity contribution in [3.05, 3.63) is 52.5 Å². The second-order valence-electron chi connectivity index (χ2n) is 6.91. The fourth-order valence-electron chi connectivity index (χ4n) is 3.84. The molecule has 2 saturated heterocycles. The van der Waals surface area contributed by atoms with Crippen molar-refractivity contribution >= 4 is 17.2 Å². The van der Waals surface area contributed by atoms with Crippen LogP contribution in [-0.2, 0) is 22.6 Å². The lowest BCUT2D eigenvalue weighted by Gasteiger charge is -2.19. The molecule has 2 aliphatic rings. The number of nitrogens with one attached hydrogen (secondary N) is 1. The minimum absolute atomic E-state index is 0.0684. The fourth-order valence-corrected chi connectivity index (χ4v) is 4.48. The maximum Gasteiger partial charge on any atom is 0.222 e. The van der Waals surface area contributed by atoms with Crippen molar-refractivity contribution in [3.8, 4) is 0 Å². The Balaban J connectivity index is 1.20. The Morgan fingerprint density at radius 2 is 2.32 bits per heavy atom. The van der Waals surface area contributed by atoms with Gasteiger partial charge in [0, 0.05) is 42.8 Å². The van der Waals surface area contributed by atoms with Crippen molar-refractivity contribution in [1.82, 2.24) is 15.2 Å². The molecule has 2 aliphatic heterocycles. The second-order valence-corrected chi connectivity index (χ2v) is 7.94. The molecule has 4 rings (SSSR count). The molecular formula is C19H23N3O2S. The SMILES string of the molecule is O=C(C[C@@H]1C[C@H]2CN(Cc3cccnc3)C[C@H]2O1)NCc1cccs1. The van der Waals surface area contributed by atoms with Gasteiger partial charge in [0.2, 0.25) is 5.91 Å². The molecule has 0 spiro atoms. The van der Waals surface area contributed by atoms with E-state index in [-0.39, 0.29) is 18.1 Å². The highest BCUT2D eigenvalue weighted by Crippen LogP contribution is 2.34. The van der Waals surface area contributed by atoms with Crippen molar-refractivity contribution in [3.63, 3.8) is 0 Å². The Labute approximate surface area is 152 Å². The van der Waals surface area contributed by atoms with Crippen molar-refractivity contribution in [2.75, 3.05) is 13.1 Å². The molecular weight excluding hydrogens is 334 g/mol. The first-order valence-corrected chi connectivity index (χ1v) is 9.70. The number of thiophene rings is 1. The first-order valence-electron chi connectivity index (χ1n) is 8.82. The van der Waals surface area contributed by atoms with Crippen LogP contribution in [0.15, 0.2) is 42.0 Å². The summed E-state index contributed by atoms with van der Waals surface area (Å²) in [6, 6.07) is 8.14. The predicted octanol–water partition coefficient (Wildman–Crippen LogP) is 2.44. The quantitative estimate of drug-likeness (QED) is 0.863. The molecule has 6 heteroatoms. The monoisotopic (exact) mass is 357 g/mol. The van der Waals surface area contributed by atoms with Crippen molar-refractivity contribution < 1.29 is 9.53 Å². The largest absolute Gasteiger partial charge is 0.373 e. The van der Waals surface area contributed by atoms with Gasteiger partial charge in [0.15, 0.2) is 0 Å². The Morgan fingerprint density at radius 1 is 1.36 bits per heavy atom. The highest BCUT2D eigenvalue weighted by molar-refractivity contribution is 7.09. The number of carbonyl (C=O) groups excluding carboxylic acids is 1. The zero-order valence-corrected chi connectivity index (χ0v) is 15.0. The molecule has 1 amide bonds. The molecule has 0 saturated carbocycles. The van der Waals surface area contributed by atoms with E-state index in [2.05, 4.69) is 21.3 Å². The minimum Gasteiger partial charge on any atom is -0.373 e. The van der Waals surface area contributed by atoms with Crippen LogP contribution in [0.2, 0.25) is 0 Å². The highest BCUT2D eigenvalue weighted by atomic mass is 32.1. The minimum atomic E-state index is 0.0684. The van der Waals surface area contributed by atoms with Crippen molar-refractivity contribution in [2.45, 2.75) is 38.1 Å². The summed E-state index contributed by atoms with van der Waals surface area (Å²) < 4.78 is 6.15. The van der Waals surface area contributed by atoms with Crippen molar-refractivity contribution in [2.24, 2.45) is 5.92 Å². The lowest BCUT2D eigenvalue weighted by atomic mass is 10.0. The molecule has 0 aromatic carbocycles. The smallest absolute Gasteiger partial charge is 0.222 e. The number of pyridine rings is 1. The molecule has 2 aromatic heterocycles. The molecule has 0 bridgehead atoms. The van der Waals surface area contributed by atoms with Gasteiger partial charge >= 0.3 is 0 Å². The summed E-state index contributed by atoms with van der Waals surface area (Å²) in [5, 5.41) is 5.02. The first kappa shape index (κ1) is 16.7. The average Bonchev–Trinajstić information content (AvgIpc) is 3.30. The maximum absolute atomic E-state index is 12.1. The molecule has 0 unspecified atom stereocenters. The van der Waals surface area contributed by atoms with Gasteiger partial charge in [0.1, 0.15) is 0 Å². The lowest BCUT2D eigenvalue weighted by molar-refractivity contribution is -0.123. The number of nitrogens with zero attached hydrogens (tertiary/aromatic N) is 2. The molecule has 2 fully saturated rings. The predicted molar refractivity (Wildman–Crippen MR) is 97.1 cm³/mol. The van der Waals surface area contributed by atoms with E-state index < -0.39 is 0 Å². The number of amides is 1. The van der Waals surface area contributed by atoms with Crippen LogP contribution in [0.3, 0.4) is 0 Å². The van der Waals surface area contributed by atoms with Gasteiger partial charge in [0.05, 0.1) is 25.2 Å². The Bertz CT molecular complexity index is 678. The van der Waals surface area contributed by atoms with Gasteiger partial charge in [0.25, 0.3) is 0 Å². The van der Waals surface area contributed by atoms with Gasteiger partial charge in [-0.05, 0) is 29.5 Å². The molecule has 132 valence electrons. The van der Waals surface area contributed by atoms with Crippen molar-refractivity contribution in [1.29, 1.82) is 0 Å². The van der Waals surface area contributed by atoms with E-state index >= 15 is 0 Å². The standard InChI is InChI=1S/C19H23N3O2S/c23-19(21-10-17-4-2-6-25-17)8-16-7-15-12-22(13-18(15)24-16)11-14-3-1-5-20-9-14/h1-6,9,15-16,18H,7-8,10-13H2,(H,21,23)/t15-,16-,18+/m0/s1. The van der Waals surface area contributed by atoms with Gasteiger partial charge in [-0.15, -0.1) is 11.3 Å². The number of hydrogen-bond acceptors (Lipinski definition) is 5.